The SMILES string of the molecule is C#CCCC1Nc2c(F)cc(F)cc2S1. The smallest absolute Gasteiger partial charge is 0.150 e. The van der Waals surface area contributed by atoms with Crippen molar-refractivity contribution in [3.63, 3.8) is 0 Å². The summed E-state index contributed by atoms with van der Waals surface area (Å²) in [5.41, 5.74) is 0.392. The molecule has 15 heavy (non-hydrogen) atoms. The van der Waals surface area contributed by atoms with Gasteiger partial charge in [0.1, 0.15) is 11.6 Å². The molecule has 0 radical (unpaired) electrons. The molecule has 0 spiro atoms. The van der Waals surface area contributed by atoms with Crippen LogP contribution in [0.4, 0.5) is 14.5 Å². The number of rotatable bonds is 2. The zero-order valence-electron chi connectivity index (χ0n) is 7.89. The topological polar surface area (TPSA) is 12.0 Å². The monoisotopic (exact) mass is 225 g/mol. The highest BCUT2D eigenvalue weighted by molar-refractivity contribution is 8.00. The molecular weight excluding hydrogens is 216 g/mol. The molecule has 1 unspecified atom stereocenters. The minimum Gasteiger partial charge on any atom is -0.370 e. The lowest BCUT2D eigenvalue weighted by Crippen LogP contribution is -2.09. The van der Waals surface area contributed by atoms with E-state index in [1.807, 2.05) is 0 Å². The minimum atomic E-state index is -0.543. The third-order valence-electron chi connectivity index (χ3n) is 2.14. The van der Waals surface area contributed by atoms with Crippen molar-refractivity contribution in [2.75, 3.05) is 5.32 Å². The fraction of sp³-hybridized carbons (Fsp3) is 0.273. The molecule has 0 fully saturated rings. The van der Waals surface area contributed by atoms with Crippen LogP contribution in [0, 0.1) is 24.0 Å². The van der Waals surface area contributed by atoms with Crippen LogP contribution in [0.25, 0.3) is 0 Å². The van der Waals surface area contributed by atoms with Crippen molar-refractivity contribution in [3.8, 4) is 12.3 Å². The fourth-order valence-electron chi connectivity index (χ4n) is 1.47. The minimum absolute atomic E-state index is 0.0485. The predicted molar refractivity (Wildman–Crippen MR) is 57.7 cm³/mol. The van der Waals surface area contributed by atoms with E-state index in [1.54, 1.807) is 0 Å². The second-order valence-electron chi connectivity index (χ2n) is 3.25. The number of hydrogen-bond donors (Lipinski definition) is 1. The van der Waals surface area contributed by atoms with Gasteiger partial charge in [0.25, 0.3) is 0 Å². The number of hydrogen-bond acceptors (Lipinski definition) is 2. The molecule has 1 atom stereocenters. The molecular formula is C11H9F2NS. The van der Waals surface area contributed by atoms with Crippen LogP contribution in [0.1, 0.15) is 12.8 Å². The Bertz CT molecular complexity index is 425. The summed E-state index contributed by atoms with van der Waals surface area (Å²) in [4.78, 5) is 0.620. The maximum Gasteiger partial charge on any atom is 0.150 e. The first kappa shape index (κ1) is 10.3. The third-order valence-corrected chi connectivity index (χ3v) is 3.36. The quantitative estimate of drug-likeness (QED) is 0.775. The number of nitrogens with one attached hydrogen (secondary N) is 1. The van der Waals surface area contributed by atoms with Gasteiger partial charge in [-0.25, -0.2) is 8.78 Å². The first-order valence-electron chi connectivity index (χ1n) is 4.56. The fourth-order valence-corrected chi connectivity index (χ4v) is 2.65. The van der Waals surface area contributed by atoms with E-state index in [0.29, 0.717) is 17.0 Å². The van der Waals surface area contributed by atoms with Gasteiger partial charge >= 0.3 is 0 Å². The largest absolute Gasteiger partial charge is 0.370 e. The number of thioether (sulfide) groups is 1. The molecule has 0 saturated heterocycles. The second-order valence-corrected chi connectivity index (χ2v) is 4.50. The van der Waals surface area contributed by atoms with Crippen molar-refractivity contribution in [3.05, 3.63) is 23.8 Å². The van der Waals surface area contributed by atoms with Gasteiger partial charge < -0.3 is 5.32 Å². The third kappa shape index (κ3) is 2.07. The molecule has 0 amide bonds. The Morgan fingerprint density at radius 2 is 2.27 bits per heavy atom. The first-order chi connectivity index (χ1) is 7.20. The summed E-state index contributed by atoms with van der Waals surface area (Å²) < 4.78 is 26.2. The van der Waals surface area contributed by atoms with Crippen molar-refractivity contribution >= 4 is 17.4 Å². The van der Waals surface area contributed by atoms with E-state index in [0.717, 1.165) is 12.5 Å². The van der Waals surface area contributed by atoms with Crippen molar-refractivity contribution in [2.45, 2.75) is 23.1 Å². The van der Waals surface area contributed by atoms with Gasteiger partial charge in [0.05, 0.1) is 11.1 Å². The van der Waals surface area contributed by atoms with E-state index >= 15 is 0 Å². The van der Waals surface area contributed by atoms with Crippen molar-refractivity contribution in [2.24, 2.45) is 0 Å². The Hall–Kier alpha value is -1.21. The lowest BCUT2D eigenvalue weighted by atomic mass is 10.2. The summed E-state index contributed by atoms with van der Waals surface area (Å²) in [6.07, 6.45) is 6.52. The molecule has 0 bridgehead atoms. The summed E-state index contributed by atoms with van der Waals surface area (Å²) in [6.45, 7) is 0. The van der Waals surface area contributed by atoms with Gasteiger partial charge in [-0.3, -0.25) is 0 Å². The molecule has 1 aliphatic rings. The molecule has 4 heteroatoms. The van der Waals surface area contributed by atoms with Crippen molar-refractivity contribution in [1.82, 2.24) is 0 Å². The number of anilines is 1. The van der Waals surface area contributed by atoms with Crippen LogP contribution >= 0.6 is 11.8 Å². The molecule has 1 heterocycles. The van der Waals surface area contributed by atoms with E-state index < -0.39 is 11.6 Å². The number of terminal acetylenes is 1. The van der Waals surface area contributed by atoms with Crippen LogP contribution in [-0.2, 0) is 0 Å². The second kappa shape index (κ2) is 4.11. The maximum absolute atomic E-state index is 13.3. The van der Waals surface area contributed by atoms with Gasteiger partial charge in [0.2, 0.25) is 0 Å². The van der Waals surface area contributed by atoms with E-state index in [9.17, 15) is 8.78 Å². The van der Waals surface area contributed by atoms with Gasteiger partial charge in [-0.15, -0.1) is 12.3 Å². The van der Waals surface area contributed by atoms with Crippen LogP contribution in [-0.4, -0.2) is 5.37 Å². The Labute approximate surface area is 91.3 Å². The predicted octanol–water partition coefficient (Wildman–Crippen LogP) is 3.22. The number of benzene rings is 1. The Morgan fingerprint density at radius 1 is 1.47 bits per heavy atom. The number of fused-ring (bicyclic) bond motifs is 1. The molecule has 0 saturated carbocycles. The van der Waals surface area contributed by atoms with E-state index in [-0.39, 0.29) is 5.37 Å². The summed E-state index contributed by atoms with van der Waals surface area (Å²) in [5.74, 6) is 1.44. The van der Waals surface area contributed by atoms with E-state index in [1.165, 1.54) is 17.8 Å². The molecule has 1 nitrogen and oxygen atoms in total. The Kier molecular flexibility index (Phi) is 2.83. The van der Waals surface area contributed by atoms with Gasteiger partial charge in [-0.2, -0.15) is 0 Å². The van der Waals surface area contributed by atoms with E-state index in [4.69, 9.17) is 6.42 Å². The normalized spacial score (nSPS) is 18.1. The maximum atomic E-state index is 13.3. The first-order valence-corrected chi connectivity index (χ1v) is 5.44. The van der Waals surface area contributed by atoms with Crippen molar-refractivity contribution < 1.29 is 8.78 Å². The molecule has 1 aliphatic heterocycles. The zero-order chi connectivity index (χ0) is 10.8. The van der Waals surface area contributed by atoms with E-state index in [2.05, 4.69) is 11.2 Å². The van der Waals surface area contributed by atoms with Gasteiger partial charge in [0.15, 0.2) is 0 Å². The molecule has 1 N–H and O–H groups in total. The number of halogens is 2. The standard InChI is InChI=1S/C11H9F2NS/c1-2-3-4-10-14-11-8(13)5-7(12)6-9(11)15-10/h1,5-6,10,14H,3-4H2. The van der Waals surface area contributed by atoms with Crippen LogP contribution in [0.5, 0.6) is 0 Å². The summed E-state index contributed by atoms with van der Waals surface area (Å²) in [7, 11) is 0. The average molecular weight is 225 g/mol. The molecule has 1 aromatic rings. The molecule has 2 rings (SSSR count). The van der Waals surface area contributed by atoms with Crippen LogP contribution in [0.2, 0.25) is 0 Å². The molecule has 0 aliphatic carbocycles. The average Bonchev–Trinajstić information content (AvgIpc) is 2.57. The Morgan fingerprint density at radius 3 is 3.00 bits per heavy atom. The van der Waals surface area contributed by atoms with Crippen LogP contribution in [0.3, 0.4) is 0 Å². The zero-order valence-corrected chi connectivity index (χ0v) is 8.70. The lowest BCUT2D eigenvalue weighted by molar-refractivity contribution is 0.580. The van der Waals surface area contributed by atoms with Crippen molar-refractivity contribution in [1.29, 1.82) is 0 Å². The van der Waals surface area contributed by atoms with Gasteiger partial charge in [-0.05, 0) is 12.5 Å². The van der Waals surface area contributed by atoms with Gasteiger partial charge in [-0.1, -0.05) is 11.8 Å². The highest BCUT2D eigenvalue weighted by Crippen LogP contribution is 2.41. The van der Waals surface area contributed by atoms with Gasteiger partial charge in [0, 0.05) is 17.4 Å². The summed E-state index contributed by atoms with van der Waals surface area (Å²) in [5, 5.41) is 3.04. The highest BCUT2D eigenvalue weighted by atomic mass is 32.2. The lowest BCUT2D eigenvalue weighted by Gasteiger charge is -2.07. The highest BCUT2D eigenvalue weighted by Gasteiger charge is 2.24. The molecule has 1 aromatic carbocycles. The molecule has 78 valence electrons. The summed E-state index contributed by atoms with van der Waals surface area (Å²) >= 11 is 1.42. The van der Waals surface area contributed by atoms with Crippen LogP contribution < -0.4 is 5.32 Å². The molecule has 0 aromatic heterocycles. The summed E-state index contributed by atoms with van der Waals surface area (Å²) in [6, 6.07) is 2.22. The Balaban J connectivity index is 2.17. The van der Waals surface area contributed by atoms with Crippen LogP contribution in [0.15, 0.2) is 17.0 Å².